The normalized spacial score (nSPS) is 10.7. The number of nitro benzene ring substituents is 1. The highest BCUT2D eigenvalue weighted by molar-refractivity contribution is 6.08. The summed E-state index contributed by atoms with van der Waals surface area (Å²) in [6.45, 7) is 0.186. The van der Waals surface area contributed by atoms with Crippen LogP contribution in [0.4, 0.5) is 5.69 Å². The van der Waals surface area contributed by atoms with E-state index >= 15 is 0 Å². The van der Waals surface area contributed by atoms with Crippen LogP contribution in [-0.4, -0.2) is 15.8 Å². The first-order valence-electron chi connectivity index (χ1n) is 8.50. The molecule has 0 fully saturated rings. The number of phenols is 1. The Morgan fingerprint density at radius 2 is 1.75 bits per heavy atom. The van der Waals surface area contributed by atoms with E-state index in [4.69, 9.17) is 4.74 Å². The second kappa shape index (κ2) is 8.64. The maximum absolute atomic E-state index is 12.2. The molecule has 0 radical (unpaired) electrons. The number of benzene rings is 3. The van der Waals surface area contributed by atoms with E-state index in [1.165, 1.54) is 42.5 Å². The van der Waals surface area contributed by atoms with Crippen molar-refractivity contribution in [1.29, 1.82) is 0 Å². The fraction of sp³-hybridized carbons (Fsp3) is 0.0455. The van der Waals surface area contributed by atoms with Crippen molar-refractivity contribution in [3.05, 3.63) is 106 Å². The van der Waals surface area contributed by atoms with E-state index in [0.29, 0.717) is 5.56 Å². The number of ether oxygens (including phenoxy) is 1. The zero-order chi connectivity index (χ0) is 19.9. The molecule has 3 aromatic carbocycles. The standard InChI is InChI=1S/C22H17NO5/c24-20-9-5-4-8-18(20)21(25)13-11-16-10-12-19(23(26)27)22(14-16)28-15-17-6-2-1-3-7-17/h1-14,24H,15H2. The van der Waals surface area contributed by atoms with Crippen LogP contribution in [0.15, 0.2) is 78.9 Å². The van der Waals surface area contributed by atoms with Crippen molar-refractivity contribution in [2.75, 3.05) is 0 Å². The van der Waals surface area contributed by atoms with Crippen molar-refractivity contribution in [3.63, 3.8) is 0 Å². The van der Waals surface area contributed by atoms with Crippen LogP contribution in [0.2, 0.25) is 0 Å². The maximum atomic E-state index is 12.2. The number of nitrogens with zero attached hydrogens (tertiary/aromatic N) is 1. The van der Waals surface area contributed by atoms with E-state index in [9.17, 15) is 20.0 Å². The summed E-state index contributed by atoms with van der Waals surface area (Å²) in [7, 11) is 0. The zero-order valence-corrected chi connectivity index (χ0v) is 14.8. The monoisotopic (exact) mass is 375 g/mol. The Bertz CT molecular complexity index is 1030. The van der Waals surface area contributed by atoms with Gasteiger partial charge in [-0.15, -0.1) is 0 Å². The molecule has 3 aromatic rings. The Kier molecular flexibility index (Phi) is 5.81. The van der Waals surface area contributed by atoms with Gasteiger partial charge in [0.1, 0.15) is 12.4 Å². The predicted molar refractivity (Wildman–Crippen MR) is 105 cm³/mol. The molecule has 0 saturated heterocycles. The van der Waals surface area contributed by atoms with Gasteiger partial charge in [0.05, 0.1) is 10.5 Å². The molecule has 0 atom stereocenters. The van der Waals surface area contributed by atoms with Crippen LogP contribution >= 0.6 is 0 Å². The zero-order valence-electron chi connectivity index (χ0n) is 14.8. The third-order valence-electron chi connectivity index (χ3n) is 4.01. The lowest BCUT2D eigenvalue weighted by Crippen LogP contribution is -1.99. The number of phenolic OH excluding ortho intramolecular Hbond substituents is 1. The van der Waals surface area contributed by atoms with Gasteiger partial charge in [-0.1, -0.05) is 48.5 Å². The highest BCUT2D eigenvalue weighted by atomic mass is 16.6. The highest BCUT2D eigenvalue weighted by Gasteiger charge is 2.15. The summed E-state index contributed by atoms with van der Waals surface area (Å²) < 4.78 is 5.64. The predicted octanol–water partition coefficient (Wildman–Crippen LogP) is 4.78. The molecular formula is C22H17NO5. The fourth-order valence-electron chi connectivity index (χ4n) is 2.58. The molecule has 0 unspecified atom stereocenters. The van der Waals surface area contributed by atoms with E-state index < -0.39 is 4.92 Å². The van der Waals surface area contributed by atoms with Crippen LogP contribution in [0.25, 0.3) is 6.08 Å². The topological polar surface area (TPSA) is 89.7 Å². The largest absolute Gasteiger partial charge is 0.507 e. The van der Waals surface area contributed by atoms with Crippen LogP contribution in [0.3, 0.4) is 0 Å². The first kappa shape index (κ1) is 18.8. The summed E-state index contributed by atoms with van der Waals surface area (Å²) in [5.74, 6) is -0.359. The minimum absolute atomic E-state index is 0.104. The number of rotatable bonds is 7. The van der Waals surface area contributed by atoms with E-state index in [2.05, 4.69) is 0 Å². The Hall–Kier alpha value is -3.93. The molecule has 6 nitrogen and oxygen atoms in total. The number of hydrogen-bond acceptors (Lipinski definition) is 5. The quantitative estimate of drug-likeness (QED) is 0.278. The van der Waals surface area contributed by atoms with Gasteiger partial charge >= 0.3 is 5.69 Å². The van der Waals surface area contributed by atoms with Gasteiger partial charge in [-0.25, -0.2) is 0 Å². The number of hydrogen-bond donors (Lipinski definition) is 1. The molecule has 0 aliphatic carbocycles. The highest BCUT2D eigenvalue weighted by Crippen LogP contribution is 2.29. The Labute approximate surface area is 161 Å². The van der Waals surface area contributed by atoms with Crippen molar-refractivity contribution in [2.45, 2.75) is 6.61 Å². The first-order chi connectivity index (χ1) is 13.5. The third-order valence-corrected chi connectivity index (χ3v) is 4.01. The van der Waals surface area contributed by atoms with E-state index in [1.54, 1.807) is 12.1 Å². The van der Waals surface area contributed by atoms with Gasteiger partial charge < -0.3 is 9.84 Å². The number of allylic oxidation sites excluding steroid dienone is 1. The summed E-state index contributed by atoms with van der Waals surface area (Å²) in [5.41, 5.74) is 1.48. The molecule has 28 heavy (non-hydrogen) atoms. The molecule has 0 bridgehead atoms. The smallest absolute Gasteiger partial charge is 0.310 e. The minimum Gasteiger partial charge on any atom is -0.507 e. The summed E-state index contributed by atoms with van der Waals surface area (Å²) in [4.78, 5) is 23.0. The second-order valence-corrected chi connectivity index (χ2v) is 5.97. The van der Waals surface area contributed by atoms with E-state index in [1.807, 2.05) is 30.3 Å². The lowest BCUT2D eigenvalue weighted by Gasteiger charge is -2.08. The van der Waals surface area contributed by atoms with E-state index in [0.717, 1.165) is 5.56 Å². The number of aromatic hydroxyl groups is 1. The van der Waals surface area contributed by atoms with E-state index in [-0.39, 0.29) is 35.1 Å². The summed E-state index contributed by atoms with van der Waals surface area (Å²) >= 11 is 0. The Morgan fingerprint density at radius 3 is 2.46 bits per heavy atom. The van der Waals surface area contributed by atoms with Crippen molar-refractivity contribution in [2.24, 2.45) is 0 Å². The molecule has 6 heteroatoms. The van der Waals surface area contributed by atoms with Crippen molar-refractivity contribution in [3.8, 4) is 11.5 Å². The number of nitro groups is 1. The van der Waals surface area contributed by atoms with Crippen molar-refractivity contribution < 1.29 is 19.6 Å². The van der Waals surface area contributed by atoms with Crippen molar-refractivity contribution in [1.82, 2.24) is 0 Å². The van der Waals surface area contributed by atoms with Gasteiger partial charge in [-0.2, -0.15) is 0 Å². The minimum atomic E-state index is -0.513. The molecule has 140 valence electrons. The third kappa shape index (κ3) is 4.62. The van der Waals surface area contributed by atoms with Gasteiger partial charge in [-0.05, 0) is 41.5 Å². The molecule has 0 saturated carbocycles. The lowest BCUT2D eigenvalue weighted by atomic mass is 10.1. The van der Waals surface area contributed by atoms with Gasteiger partial charge in [-0.3, -0.25) is 14.9 Å². The van der Waals surface area contributed by atoms with Gasteiger partial charge in [0.15, 0.2) is 11.5 Å². The molecule has 0 spiro atoms. The number of ketones is 1. The fourth-order valence-corrected chi connectivity index (χ4v) is 2.58. The van der Waals surface area contributed by atoms with Crippen LogP contribution in [0.5, 0.6) is 11.5 Å². The number of para-hydroxylation sites is 1. The summed E-state index contributed by atoms with van der Waals surface area (Å²) in [6.07, 6.45) is 2.82. The van der Waals surface area contributed by atoms with Crippen LogP contribution < -0.4 is 4.74 Å². The van der Waals surface area contributed by atoms with Crippen LogP contribution in [0.1, 0.15) is 21.5 Å². The molecular weight excluding hydrogens is 358 g/mol. The number of carbonyl (C=O) groups excluding carboxylic acids is 1. The molecule has 0 aliphatic rings. The SMILES string of the molecule is O=C(C=Cc1ccc([N+](=O)[O-])c(OCc2ccccc2)c1)c1ccccc1O. The molecule has 0 aliphatic heterocycles. The Balaban J connectivity index is 1.81. The maximum Gasteiger partial charge on any atom is 0.310 e. The van der Waals surface area contributed by atoms with Crippen LogP contribution in [-0.2, 0) is 6.61 Å². The molecule has 0 amide bonds. The van der Waals surface area contributed by atoms with Gasteiger partial charge in [0, 0.05) is 6.07 Å². The Morgan fingerprint density at radius 1 is 1.04 bits per heavy atom. The lowest BCUT2D eigenvalue weighted by molar-refractivity contribution is -0.385. The first-order valence-corrected chi connectivity index (χ1v) is 8.50. The molecule has 0 aromatic heterocycles. The summed E-state index contributed by atoms with van der Waals surface area (Å²) in [6, 6.07) is 19.9. The van der Waals surface area contributed by atoms with Crippen molar-refractivity contribution >= 4 is 17.5 Å². The second-order valence-electron chi connectivity index (χ2n) is 5.97. The molecule has 1 N–H and O–H groups in total. The summed E-state index contributed by atoms with van der Waals surface area (Å²) in [5, 5.41) is 21.0. The average Bonchev–Trinajstić information content (AvgIpc) is 2.71. The van der Waals surface area contributed by atoms with Gasteiger partial charge in [0.25, 0.3) is 0 Å². The average molecular weight is 375 g/mol. The van der Waals surface area contributed by atoms with Crippen LogP contribution in [0, 0.1) is 10.1 Å². The molecule has 3 rings (SSSR count). The van der Waals surface area contributed by atoms with Gasteiger partial charge in [0.2, 0.25) is 0 Å². The molecule has 0 heterocycles. The number of carbonyl (C=O) groups is 1.